The summed E-state index contributed by atoms with van der Waals surface area (Å²) in [6, 6.07) is 8.85. The Hall–Kier alpha value is -3.65. The van der Waals surface area contributed by atoms with E-state index in [4.69, 9.17) is 30.2 Å². The number of nitrogens with zero attached hydrogens (tertiary/aromatic N) is 1. The van der Waals surface area contributed by atoms with E-state index in [1.165, 1.54) is 7.11 Å². The minimum atomic E-state index is -0.469. The van der Waals surface area contributed by atoms with Gasteiger partial charge in [0.1, 0.15) is 17.1 Å². The van der Waals surface area contributed by atoms with Gasteiger partial charge < -0.3 is 28.5 Å². The van der Waals surface area contributed by atoms with Gasteiger partial charge in [-0.05, 0) is 36.8 Å². The number of amides is 1. The van der Waals surface area contributed by atoms with E-state index in [-0.39, 0.29) is 23.5 Å². The van der Waals surface area contributed by atoms with Crippen LogP contribution in [-0.4, -0.2) is 50.6 Å². The van der Waals surface area contributed by atoms with E-state index in [0.29, 0.717) is 51.5 Å². The van der Waals surface area contributed by atoms with E-state index in [1.807, 2.05) is 6.07 Å². The summed E-state index contributed by atoms with van der Waals surface area (Å²) < 4.78 is 21.8. The molecule has 1 N–H and O–H groups in total. The molecule has 5 rings (SSSR count). The lowest BCUT2D eigenvalue weighted by molar-refractivity contribution is 0.0602. The summed E-state index contributed by atoms with van der Waals surface area (Å²) in [5.74, 6) is 0.668. The minimum absolute atomic E-state index is 0.196. The maximum absolute atomic E-state index is 13.6. The highest BCUT2D eigenvalue weighted by Crippen LogP contribution is 2.47. The zero-order valence-electron chi connectivity index (χ0n) is 19.2. The van der Waals surface area contributed by atoms with E-state index in [2.05, 4.69) is 4.98 Å². The summed E-state index contributed by atoms with van der Waals surface area (Å²) in [5.41, 5.74) is 3.74. The molecule has 9 heteroatoms. The van der Waals surface area contributed by atoms with Gasteiger partial charge in [0.05, 0.1) is 38.1 Å². The Morgan fingerprint density at radius 3 is 2.65 bits per heavy atom. The van der Waals surface area contributed by atoms with Crippen LogP contribution in [-0.2, 0) is 4.74 Å². The summed E-state index contributed by atoms with van der Waals surface area (Å²) in [4.78, 5) is 31.2. The number of alkyl halides is 1. The third kappa shape index (κ3) is 3.20. The number of rotatable bonds is 5. The lowest BCUT2D eigenvalue weighted by Crippen LogP contribution is -2.29. The topological polar surface area (TPSA) is 94.0 Å². The van der Waals surface area contributed by atoms with Crippen LogP contribution in [0.25, 0.3) is 21.9 Å². The Morgan fingerprint density at radius 2 is 1.97 bits per heavy atom. The van der Waals surface area contributed by atoms with Crippen molar-refractivity contribution >= 4 is 51.0 Å². The van der Waals surface area contributed by atoms with E-state index in [0.717, 1.165) is 10.9 Å². The average molecular weight is 483 g/mol. The van der Waals surface area contributed by atoms with Crippen molar-refractivity contribution in [1.29, 1.82) is 0 Å². The largest absolute Gasteiger partial charge is 0.497 e. The molecule has 0 radical (unpaired) electrons. The van der Waals surface area contributed by atoms with Gasteiger partial charge in [0.25, 0.3) is 5.91 Å². The van der Waals surface area contributed by atoms with E-state index in [9.17, 15) is 9.59 Å². The number of fused-ring (bicyclic) bond motifs is 4. The Balaban J connectivity index is 1.69. The van der Waals surface area contributed by atoms with Gasteiger partial charge in [0.2, 0.25) is 0 Å². The number of aromatic amines is 1. The highest BCUT2D eigenvalue weighted by atomic mass is 35.5. The highest BCUT2D eigenvalue weighted by molar-refractivity contribution is 6.20. The van der Waals surface area contributed by atoms with Crippen molar-refractivity contribution in [2.24, 2.45) is 0 Å². The molecule has 1 aliphatic heterocycles. The number of halogens is 1. The molecular weight excluding hydrogens is 460 g/mol. The number of furan rings is 1. The van der Waals surface area contributed by atoms with Crippen LogP contribution < -0.4 is 14.4 Å². The van der Waals surface area contributed by atoms with Crippen molar-refractivity contribution in [2.75, 3.05) is 38.7 Å². The number of carbonyl (C=O) groups excluding carboxylic acids is 2. The first-order valence-corrected chi connectivity index (χ1v) is 11.2. The molecule has 0 aliphatic carbocycles. The van der Waals surface area contributed by atoms with Crippen LogP contribution in [0.3, 0.4) is 0 Å². The number of hydrogen-bond donors (Lipinski definition) is 1. The minimum Gasteiger partial charge on any atom is -0.497 e. The van der Waals surface area contributed by atoms with Crippen LogP contribution in [0.4, 0.5) is 5.69 Å². The van der Waals surface area contributed by atoms with Gasteiger partial charge in [-0.2, -0.15) is 0 Å². The molecular formula is C25H23ClN2O6. The zero-order valence-corrected chi connectivity index (χ0v) is 19.9. The maximum Gasteiger partial charge on any atom is 0.340 e. The number of hydrogen-bond acceptors (Lipinski definition) is 6. The number of aryl methyl sites for hydroxylation is 1. The van der Waals surface area contributed by atoms with Crippen LogP contribution in [0.2, 0.25) is 0 Å². The van der Waals surface area contributed by atoms with Crippen LogP contribution in [0, 0.1) is 6.92 Å². The molecule has 1 aliphatic rings. The van der Waals surface area contributed by atoms with Gasteiger partial charge in [-0.15, -0.1) is 11.6 Å². The molecule has 176 valence electrons. The molecule has 34 heavy (non-hydrogen) atoms. The molecule has 2 aromatic heterocycles. The lowest BCUT2D eigenvalue weighted by atomic mass is 9.95. The van der Waals surface area contributed by atoms with Crippen molar-refractivity contribution in [3.63, 3.8) is 0 Å². The fourth-order valence-corrected chi connectivity index (χ4v) is 5.00. The first-order chi connectivity index (χ1) is 16.4. The van der Waals surface area contributed by atoms with Crippen LogP contribution in [0.5, 0.6) is 11.5 Å². The van der Waals surface area contributed by atoms with E-state index in [1.54, 1.807) is 50.3 Å². The smallest absolute Gasteiger partial charge is 0.340 e. The quantitative estimate of drug-likeness (QED) is 0.317. The van der Waals surface area contributed by atoms with Gasteiger partial charge in [-0.1, -0.05) is 0 Å². The van der Waals surface area contributed by atoms with Crippen molar-refractivity contribution in [3.05, 3.63) is 52.9 Å². The summed E-state index contributed by atoms with van der Waals surface area (Å²) in [6.07, 6.45) is 0. The van der Waals surface area contributed by atoms with E-state index >= 15 is 0 Å². The second kappa shape index (κ2) is 8.29. The fourth-order valence-electron chi connectivity index (χ4n) is 4.75. The van der Waals surface area contributed by atoms with Crippen molar-refractivity contribution in [1.82, 2.24) is 4.98 Å². The van der Waals surface area contributed by atoms with Gasteiger partial charge in [0.15, 0.2) is 5.76 Å². The number of anilines is 1. The van der Waals surface area contributed by atoms with Gasteiger partial charge in [-0.25, -0.2) is 4.79 Å². The highest BCUT2D eigenvalue weighted by Gasteiger charge is 2.38. The van der Waals surface area contributed by atoms with Gasteiger partial charge in [0, 0.05) is 40.9 Å². The number of carbonyl (C=O) groups is 2. The zero-order chi connectivity index (χ0) is 24.1. The molecule has 1 unspecified atom stereocenters. The second-order valence-corrected chi connectivity index (χ2v) is 8.47. The first-order valence-electron chi connectivity index (χ1n) is 10.7. The number of nitrogens with one attached hydrogen (secondary N) is 1. The molecule has 0 spiro atoms. The number of H-pyrrole nitrogens is 1. The summed E-state index contributed by atoms with van der Waals surface area (Å²) >= 11 is 6.36. The summed E-state index contributed by atoms with van der Waals surface area (Å²) in [5, 5.41) is 1.42. The molecule has 4 aromatic rings. The van der Waals surface area contributed by atoms with Crippen molar-refractivity contribution in [3.8, 4) is 11.5 Å². The van der Waals surface area contributed by atoms with Crippen molar-refractivity contribution < 1.29 is 28.2 Å². The summed E-state index contributed by atoms with van der Waals surface area (Å²) in [7, 11) is 4.47. The molecule has 0 bridgehead atoms. The average Bonchev–Trinajstić information content (AvgIpc) is 3.54. The molecule has 8 nitrogen and oxygen atoms in total. The van der Waals surface area contributed by atoms with Gasteiger partial charge >= 0.3 is 5.97 Å². The van der Waals surface area contributed by atoms with Crippen LogP contribution >= 0.6 is 11.6 Å². The second-order valence-electron chi connectivity index (χ2n) is 8.16. The van der Waals surface area contributed by atoms with Crippen LogP contribution in [0.15, 0.2) is 34.7 Å². The third-order valence-electron chi connectivity index (χ3n) is 6.32. The van der Waals surface area contributed by atoms with E-state index < -0.39 is 5.97 Å². The molecule has 1 amide bonds. The predicted octanol–water partition coefficient (Wildman–Crippen LogP) is 5.01. The Bertz CT molecular complexity index is 1450. The fraction of sp³-hybridized carbons (Fsp3) is 0.280. The predicted molar refractivity (Wildman–Crippen MR) is 129 cm³/mol. The SMILES string of the molecule is COC(=O)c1c(C)[nH]c2c(OC)cc3c(c12)C(CCl)CN3C(=O)c1cc2cc(OC)ccc2o1. The standard InChI is InChI=1S/C25H23ClN2O6/c1-12-20(25(30)33-4)22-21-14(10-26)11-28(16(21)9-18(32-3)23(22)27-12)24(29)19-8-13-7-15(31-2)5-6-17(13)34-19/h5-9,14,27H,10-11H2,1-4H3. The normalized spacial score (nSPS) is 15.1. The Labute approximate surface area is 200 Å². The molecule has 3 heterocycles. The Kier molecular flexibility index (Phi) is 5.40. The molecule has 0 fully saturated rings. The van der Waals surface area contributed by atoms with Crippen LogP contribution in [0.1, 0.15) is 38.1 Å². The molecule has 0 saturated heterocycles. The number of esters is 1. The lowest BCUT2D eigenvalue weighted by Gasteiger charge is -2.17. The Morgan fingerprint density at radius 1 is 1.18 bits per heavy atom. The summed E-state index contributed by atoms with van der Waals surface area (Å²) in [6.45, 7) is 2.14. The van der Waals surface area contributed by atoms with Crippen molar-refractivity contribution in [2.45, 2.75) is 12.8 Å². The number of methoxy groups -OCH3 is 3. The number of ether oxygens (including phenoxy) is 3. The number of benzene rings is 2. The first kappa shape index (κ1) is 22.2. The molecule has 0 saturated carbocycles. The third-order valence-corrected chi connectivity index (χ3v) is 6.70. The molecule has 1 atom stereocenters. The molecule has 2 aromatic carbocycles. The monoisotopic (exact) mass is 482 g/mol. The number of aromatic nitrogens is 1. The van der Waals surface area contributed by atoms with Gasteiger partial charge in [-0.3, -0.25) is 4.79 Å². The maximum atomic E-state index is 13.6.